The zero-order chi connectivity index (χ0) is 22.0. The number of amides is 1. The maximum absolute atomic E-state index is 12.8. The van der Waals surface area contributed by atoms with E-state index in [-0.39, 0.29) is 23.4 Å². The summed E-state index contributed by atoms with van der Waals surface area (Å²) in [6.45, 7) is 2.10. The maximum atomic E-state index is 12.8. The van der Waals surface area contributed by atoms with Crippen LogP contribution in [-0.2, 0) is 14.8 Å². The van der Waals surface area contributed by atoms with E-state index in [1.165, 1.54) is 24.3 Å². The largest absolute Gasteiger partial charge is 0.337 e. The lowest BCUT2D eigenvalue weighted by Gasteiger charge is -2.22. The Balaban J connectivity index is 1.45. The second-order valence-corrected chi connectivity index (χ2v) is 9.50. The van der Waals surface area contributed by atoms with Crippen molar-refractivity contribution in [3.8, 4) is 11.4 Å². The zero-order valence-electron chi connectivity index (χ0n) is 16.8. The Hall–Kier alpha value is -2.75. The average Bonchev–Trinajstić information content (AvgIpc) is 3.42. The molecule has 1 aliphatic heterocycles. The van der Waals surface area contributed by atoms with Crippen LogP contribution in [0.4, 0.5) is 0 Å². The molecule has 0 aliphatic carbocycles. The van der Waals surface area contributed by atoms with Crippen molar-refractivity contribution < 1.29 is 17.7 Å². The van der Waals surface area contributed by atoms with Crippen LogP contribution in [0, 0.1) is 6.92 Å². The minimum atomic E-state index is -3.83. The van der Waals surface area contributed by atoms with Crippen LogP contribution in [-0.4, -0.2) is 42.5 Å². The molecule has 2 aromatic carbocycles. The van der Waals surface area contributed by atoms with Crippen molar-refractivity contribution in [1.29, 1.82) is 0 Å². The predicted molar refractivity (Wildman–Crippen MR) is 115 cm³/mol. The number of aromatic nitrogens is 2. The SMILES string of the molecule is Cc1ccccc1-c1noc([C@H]2CCCN2C(=O)CNS(=O)(=O)c2ccc(Cl)cc2)n1. The highest BCUT2D eigenvalue weighted by molar-refractivity contribution is 7.89. The van der Waals surface area contributed by atoms with Gasteiger partial charge in [0.1, 0.15) is 6.04 Å². The molecule has 162 valence electrons. The van der Waals surface area contributed by atoms with Gasteiger partial charge < -0.3 is 9.42 Å². The number of hydrogen-bond donors (Lipinski definition) is 1. The highest BCUT2D eigenvalue weighted by Crippen LogP contribution is 2.32. The fraction of sp³-hybridized carbons (Fsp3) is 0.286. The highest BCUT2D eigenvalue weighted by atomic mass is 35.5. The molecule has 10 heteroatoms. The molecule has 4 rings (SSSR count). The second kappa shape index (κ2) is 8.78. The number of aryl methyl sites for hydroxylation is 1. The standard InChI is InChI=1S/C21H21ClN4O4S/c1-14-5-2-3-6-17(14)20-24-21(30-25-20)18-7-4-12-26(18)19(27)13-23-31(28,29)16-10-8-15(22)9-11-16/h2-3,5-6,8-11,18,23H,4,7,12-13H2,1H3/t18-/m1/s1. The molecule has 1 amide bonds. The van der Waals surface area contributed by atoms with E-state index in [1.54, 1.807) is 4.90 Å². The number of carbonyl (C=O) groups is 1. The van der Waals surface area contributed by atoms with Crippen molar-refractivity contribution in [3.05, 3.63) is 65.0 Å². The molecule has 0 radical (unpaired) electrons. The summed E-state index contributed by atoms with van der Waals surface area (Å²) in [4.78, 5) is 18.9. The fourth-order valence-electron chi connectivity index (χ4n) is 3.58. The Kier molecular flexibility index (Phi) is 6.08. The third kappa shape index (κ3) is 4.63. The molecule has 0 saturated carbocycles. The fourth-order valence-corrected chi connectivity index (χ4v) is 4.68. The topological polar surface area (TPSA) is 105 Å². The summed E-state index contributed by atoms with van der Waals surface area (Å²) in [5.41, 5.74) is 1.88. The lowest BCUT2D eigenvalue weighted by molar-refractivity contribution is -0.131. The first-order valence-corrected chi connectivity index (χ1v) is 11.7. The summed E-state index contributed by atoms with van der Waals surface area (Å²) in [7, 11) is -3.83. The van der Waals surface area contributed by atoms with E-state index in [2.05, 4.69) is 14.9 Å². The summed E-state index contributed by atoms with van der Waals surface area (Å²) >= 11 is 5.80. The van der Waals surface area contributed by atoms with E-state index < -0.39 is 10.0 Å². The summed E-state index contributed by atoms with van der Waals surface area (Å²) < 4.78 is 32.7. The molecule has 8 nitrogen and oxygen atoms in total. The molecule has 3 aromatic rings. The molecular formula is C21H21ClN4O4S. The first-order valence-electron chi connectivity index (χ1n) is 9.79. The Labute approximate surface area is 185 Å². The molecule has 1 saturated heterocycles. The van der Waals surface area contributed by atoms with Gasteiger partial charge in [-0.15, -0.1) is 0 Å². The van der Waals surface area contributed by atoms with E-state index in [0.29, 0.717) is 29.7 Å². The Morgan fingerprint density at radius 3 is 2.71 bits per heavy atom. The van der Waals surface area contributed by atoms with Crippen molar-refractivity contribution >= 4 is 27.5 Å². The van der Waals surface area contributed by atoms with Gasteiger partial charge in [-0.3, -0.25) is 4.79 Å². The van der Waals surface area contributed by atoms with Crippen LogP contribution in [0.15, 0.2) is 57.9 Å². The lowest BCUT2D eigenvalue weighted by Crippen LogP contribution is -2.39. The number of nitrogens with one attached hydrogen (secondary N) is 1. The van der Waals surface area contributed by atoms with Crippen LogP contribution >= 0.6 is 11.6 Å². The van der Waals surface area contributed by atoms with E-state index in [0.717, 1.165) is 17.5 Å². The highest BCUT2D eigenvalue weighted by Gasteiger charge is 2.34. The normalized spacial score (nSPS) is 16.6. The van der Waals surface area contributed by atoms with Gasteiger partial charge >= 0.3 is 0 Å². The van der Waals surface area contributed by atoms with Gasteiger partial charge in [-0.1, -0.05) is 41.0 Å². The first-order chi connectivity index (χ1) is 14.8. The van der Waals surface area contributed by atoms with Gasteiger partial charge in [0.05, 0.1) is 11.4 Å². The number of benzene rings is 2. The monoisotopic (exact) mass is 460 g/mol. The van der Waals surface area contributed by atoms with Crippen LogP contribution in [0.5, 0.6) is 0 Å². The minimum absolute atomic E-state index is 0.0439. The van der Waals surface area contributed by atoms with Gasteiger partial charge in [0.25, 0.3) is 0 Å². The number of likely N-dealkylation sites (tertiary alicyclic amines) is 1. The van der Waals surface area contributed by atoms with Gasteiger partial charge in [-0.25, -0.2) is 13.1 Å². The molecular weight excluding hydrogens is 440 g/mol. The predicted octanol–water partition coefficient (Wildman–Crippen LogP) is 3.34. The molecule has 1 aliphatic rings. The molecule has 0 spiro atoms. The molecule has 1 atom stereocenters. The Bertz CT molecular complexity index is 1190. The smallest absolute Gasteiger partial charge is 0.249 e. The van der Waals surface area contributed by atoms with Crippen LogP contribution < -0.4 is 4.72 Å². The average molecular weight is 461 g/mol. The zero-order valence-corrected chi connectivity index (χ0v) is 18.4. The van der Waals surface area contributed by atoms with Gasteiger partial charge in [-0.2, -0.15) is 4.98 Å². The van der Waals surface area contributed by atoms with Gasteiger partial charge in [-0.05, 0) is 49.6 Å². The van der Waals surface area contributed by atoms with Crippen molar-refractivity contribution in [1.82, 2.24) is 19.8 Å². The molecule has 2 heterocycles. The maximum Gasteiger partial charge on any atom is 0.249 e. The summed E-state index contributed by atoms with van der Waals surface area (Å²) in [5.74, 6) is 0.469. The lowest BCUT2D eigenvalue weighted by atomic mass is 10.1. The van der Waals surface area contributed by atoms with E-state index in [4.69, 9.17) is 16.1 Å². The number of halogens is 1. The Morgan fingerprint density at radius 2 is 1.97 bits per heavy atom. The molecule has 1 N–H and O–H groups in total. The summed E-state index contributed by atoms with van der Waals surface area (Å²) in [6, 6.07) is 13.1. The van der Waals surface area contributed by atoms with Crippen molar-refractivity contribution in [2.24, 2.45) is 0 Å². The summed E-state index contributed by atoms with van der Waals surface area (Å²) in [5, 5.41) is 4.50. The number of hydrogen-bond acceptors (Lipinski definition) is 6. The van der Waals surface area contributed by atoms with Crippen molar-refractivity contribution in [2.45, 2.75) is 30.7 Å². The number of carbonyl (C=O) groups excluding carboxylic acids is 1. The number of rotatable bonds is 6. The van der Waals surface area contributed by atoms with Crippen LogP contribution in [0.1, 0.15) is 30.3 Å². The number of nitrogens with zero attached hydrogens (tertiary/aromatic N) is 3. The van der Waals surface area contributed by atoms with Gasteiger partial charge in [0.15, 0.2) is 0 Å². The Morgan fingerprint density at radius 1 is 1.23 bits per heavy atom. The molecule has 1 fully saturated rings. The molecule has 0 bridgehead atoms. The van der Waals surface area contributed by atoms with E-state index in [1.807, 2.05) is 31.2 Å². The third-order valence-corrected chi connectivity index (χ3v) is 6.89. The first kappa shape index (κ1) is 21.5. The van der Waals surface area contributed by atoms with Crippen molar-refractivity contribution in [2.75, 3.05) is 13.1 Å². The van der Waals surface area contributed by atoms with E-state index >= 15 is 0 Å². The second-order valence-electron chi connectivity index (χ2n) is 7.29. The molecule has 1 aromatic heterocycles. The van der Waals surface area contributed by atoms with E-state index in [9.17, 15) is 13.2 Å². The van der Waals surface area contributed by atoms with Crippen LogP contribution in [0.2, 0.25) is 5.02 Å². The van der Waals surface area contributed by atoms with Crippen molar-refractivity contribution in [3.63, 3.8) is 0 Å². The molecule has 31 heavy (non-hydrogen) atoms. The molecule has 0 unspecified atom stereocenters. The summed E-state index contributed by atoms with van der Waals surface area (Å²) in [6.07, 6.45) is 1.44. The van der Waals surface area contributed by atoms with Gasteiger partial charge in [0, 0.05) is 17.1 Å². The van der Waals surface area contributed by atoms with Crippen LogP contribution in [0.25, 0.3) is 11.4 Å². The minimum Gasteiger partial charge on any atom is -0.337 e. The number of sulfonamides is 1. The van der Waals surface area contributed by atoms with Gasteiger partial charge in [0.2, 0.25) is 27.6 Å². The quantitative estimate of drug-likeness (QED) is 0.604. The third-order valence-electron chi connectivity index (χ3n) is 5.22. The van der Waals surface area contributed by atoms with Crippen LogP contribution in [0.3, 0.4) is 0 Å².